The average molecular weight is 583 g/mol. The molecule has 6 heterocycles. The fraction of sp³-hybridized carbons (Fsp3) is 0.529. The molecule has 2 N–H and O–H groups in total. The normalized spacial score (nSPS) is 28.3. The molecular formula is C34H39FN6O2. The number of nitrogens with one attached hydrogen (secondary N) is 1. The van der Waals surface area contributed by atoms with Crippen molar-refractivity contribution in [2.75, 3.05) is 49.1 Å². The minimum absolute atomic E-state index is 0.234. The minimum atomic E-state index is -0.836. The molecule has 43 heavy (non-hydrogen) atoms. The molecule has 5 aliphatic heterocycles. The maximum Gasteiger partial charge on any atom is 0.234 e. The first-order valence-electron chi connectivity index (χ1n) is 15.9. The van der Waals surface area contributed by atoms with Gasteiger partial charge >= 0.3 is 0 Å². The Kier molecular flexibility index (Phi) is 6.43. The Labute approximate surface area is 252 Å². The minimum Gasteiger partial charge on any atom is -0.508 e. The van der Waals surface area contributed by atoms with E-state index in [0.717, 1.165) is 84.4 Å². The van der Waals surface area contributed by atoms with E-state index in [1.165, 1.54) is 12.8 Å². The van der Waals surface area contributed by atoms with Crippen molar-refractivity contribution in [2.45, 2.75) is 75.8 Å². The molecule has 0 saturated carbocycles. The summed E-state index contributed by atoms with van der Waals surface area (Å²) in [5, 5.41) is 27.1. The number of benzene rings is 2. The quantitative estimate of drug-likeness (QED) is 0.452. The summed E-state index contributed by atoms with van der Waals surface area (Å²) in [6.45, 7) is 6.88. The first-order valence-corrected chi connectivity index (χ1v) is 15.9. The number of aryl methyl sites for hydroxylation is 1. The predicted octanol–water partition coefficient (Wildman–Crippen LogP) is 4.58. The Balaban J connectivity index is 1.21. The van der Waals surface area contributed by atoms with Gasteiger partial charge in [-0.1, -0.05) is 18.2 Å². The van der Waals surface area contributed by atoms with Crippen molar-refractivity contribution in [1.29, 1.82) is 5.26 Å². The molecule has 4 atom stereocenters. The van der Waals surface area contributed by atoms with Crippen molar-refractivity contribution in [2.24, 2.45) is 0 Å². The van der Waals surface area contributed by atoms with Crippen LogP contribution in [0.3, 0.4) is 0 Å². The fourth-order valence-corrected chi connectivity index (χ4v) is 8.72. The van der Waals surface area contributed by atoms with E-state index >= 15 is 0 Å². The van der Waals surface area contributed by atoms with Crippen molar-refractivity contribution < 1.29 is 14.2 Å². The van der Waals surface area contributed by atoms with E-state index in [1.54, 1.807) is 0 Å². The van der Waals surface area contributed by atoms with Gasteiger partial charge in [0.2, 0.25) is 5.88 Å². The summed E-state index contributed by atoms with van der Waals surface area (Å²) >= 11 is 0. The molecule has 0 radical (unpaired) electrons. The van der Waals surface area contributed by atoms with E-state index in [2.05, 4.69) is 39.1 Å². The van der Waals surface area contributed by atoms with Gasteiger partial charge in [-0.05, 0) is 62.6 Å². The van der Waals surface area contributed by atoms with E-state index < -0.39 is 6.17 Å². The van der Waals surface area contributed by atoms with Crippen molar-refractivity contribution in [3.8, 4) is 17.7 Å². The van der Waals surface area contributed by atoms with Crippen molar-refractivity contribution in [1.82, 2.24) is 15.2 Å². The first kappa shape index (κ1) is 27.0. The zero-order valence-electron chi connectivity index (χ0n) is 24.8. The second-order valence-electron chi connectivity index (χ2n) is 13.4. The van der Waals surface area contributed by atoms with Gasteiger partial charge in [0.1, 0.15) is 36.0 Å². The van der Waals surface area contributed by atoms with Gasteiger partial charge in [-0.3, -0.25) is 4.90 Å². The highest BCUT2D eigenvalue weighted by atomic mass is 19.1. The van der Waals surface area contributed by atoms with E-state index in [4.69, 9.17) is 9.72 Å². The monoisotopic (exact) mass is 582 g/mol. The summed E-state index contributed by atoms with van der Waals surface area (Å²) in [6.07, 6.45) is 4.68. The lowest BCUT2D eigenvalue weighted by atomic mass is 9.93. The van der Waals surface area contributed by atoms with Gasteiger partial charge in [0.25, 0.3) is 0 Å². The summed E-state index contributed by atoms with van der Waals surface area (Å²) in [7, 11) is 0. The summed E-state index contributed by atoms with van der Waals surface area (Å²) in [4.78, 5) is 12.1. The summed E-state index contributed by atoms with van der Waals surface area (Å²) in [5.74, 6) is 1.55. The lowest BCUT2D eigenvalue weighted by Crippen LogP contribution is -2.52. The largest absolute Gasteiger partial charge is 0.508 e. The highest BCUT2D eigenvalue weighted by Crippen LogP contribution is 2.43. The Morgan fingerprint density at radius 3 is 2.79 bits per heavy atom. The molecule has 0 aliphatic carbocycles. The molecule has 4 fully saturated rings. The summed E-state index contributed by atoms with van der Waals surface area (Å²) in [6, 6.07) is 13.2. The van der Waals surface area contributed by atoms with Gasteiger partial charge in [0.15, 0.2) is 0 Å². The Bertz CT molecular complexity index is 1630. The number of phenolic OH excluding ortho intramolecular Hbond substituents is 1. The lowest BCUT2D eigenvalue weighted by molar-refractivity contribution is 0.110. The molecule has 8 nitrogen and oxygen atoms in total. The fourth-order valence-electron chi connectivity index (χ4n) is 8.72. The maximum atomic E-state index is 14.5. The number of halogens is 1. The van der Waals surface area contributed by atoms with Gasteiger partial charge < -0.3 is 25.0 Å². The third-order valence-electron chi connectivity index (χ3n) is 10.7. The number of fused-ring (bicyclic) bond motifs is 5. The van der Waals surface area contributed by atoms with Crippen molar-refractivity contribution >= 4 is 22.3 Å². The zero-order chi connectivity index (χ0) is 29.3. The third kappa shape index (κ3) is 4.49. The molecule has 4 unspecified atom stereocenters. The number of ether oxygens (including phenoxy) is 1. The highest BCUT2D eigenvalue weighted by Gasteiger charge is 2.49. The standard InChI is InChI=1S/C34H39FN6O2/c1-21-4-2-5-22-12-26(42)13-30(31(21)22)39-11-8-27-29(19-39)28(15-36)33(38-32(27)40-17-24-6-7-25(18-40)37-24)43-20-34-9-3-10-41(34)16-23(35)14-34/h2,4-5,12-13,23-25,37,42H,3,6-11,14,16-20H2,1H3. The van der Waals surface area contributed by atoms with Gasteiger partial charge in [0, 0.05) is 79.5 Å². The average Bonchev–Trinajstić information content (AvgIpc) is 3.64. The number of aromatic hydroxyl groups is 1. The Hall–Kier alpha value is -3.61. The van der Waals surface area contributed by atoms with Crippen molar-refractivity contribution in [3.05, 3.63) is 52.6 Å². The molecule has 3 aromatic rings. The highest BCUT2D eigenvalue weighted by molar-refractivity contribution is 5.98. The number of piperazine rings is 1. The topological polar surface area (TPSA) is 87.9 Å². The number of nitriles is 1. The van der Waals surface area contributed by atoms with Crippen LogP contribution < -0.4 is 19.9 Å². The first-order chi connectivity index (χ1) is 20.9. The van der Waals surface area contributed by atoms with Gasteiger partial charge in [-0.2, -0.15) is 10.2 Å². The molecule has 0 amide bonds. The second kappa shape index (κ2) is 10.2. The number of anilines is 2. The molecular weight excluding hydrogens is 543 g/mol. The SMILES string of the molecule is Cc1cccc2cc(O)cc(N3CCc4c(N5CC6CCC(C5)N6)nc(OCC56CCCN5CC(F)C6)c(C#N)c4C3)c12. The van der Waals surface area contributed by atoms with Gasteiger partial charge in [-0.25, -0.2) is 4.39 Å². The number of hydrogen-bond donors (Lipinski definition) is 2. The Morgan fingerprint density at radius 1 is 1.14 bits per heavy atom. The second-order valence-corrected chi connectivity index (χ2v) is 13.4. The number of phenols is 1. The number of rotatable bonds is 5. The molecule has 2 bridgehead atoms. The zero-order valence-corrected chi connectivity index (χ0v) is 24.8. The van der Waals surface area contributed by atoms with E-state index in [9.17, 15) is 14.8 Å². The predicted molar refractivity (Wildman–Crippen MR) is 165 cm³/mol. The van der Waals surface area contributed by atoms with Crippen molar-refractivity contribution in [3.63, 3.8) is 0 Å². The molecule has 9 heteroatoms. The molecule has 5 aliphatic rings. The van der Waals surface area contributed by atoms with Gasteiger partial charge in [-0.15, -0.1) is 0 Å². The lowest BCUT2D eigenvalue weighted by Gasteiger charge is -2.39. The van der Waals surface area contributed by atoms with Crippen LogP contribution in [0.1, 0.15) is 54.4 Å². The van der Waals surface area contributed by atoms with Gasteiger partial charge in [0.05, 0.1) is 5.54 Å². The third-order valence-corrected chi connectivity index (χ3v) is 10.7. The molecule has 224 valence electrons. The number of alkyl halides is 1. The summed E-state index contributed by atoms with van der Waals surface area (Å²) < 4.78 is 21.1. The number of aromatic nitrogens is 1. The summed E-state index contributed by atoms with van der Waals surface area (Å²) in [5.41, 5.74) is 4.38. The van der Waals surface area contributed by atoms with Crippen LogP contribution in [0.25, 0.3) is 10.8 Å². The van der Waals surface area contributed by atoms with E-state index in [1.807, 2.05) is 24.3 Å². The van der Waals surface area contributed by atoms with E-state index in [0.29, 0.717) is 49.6 Å². The smallest absolute Gasteiger partial charge is 0.234 e. The van der Waals surface area contributed by atoms with Crippen LogP contribution in [0.2, 0.25) is 0 Å². The van der Waals surface area contributed by atoms with Crippen LogP contribution in [-0.2, 0) is 13.0 Å². The maximum absolute atomic E-state index is 14.5. The van der Waals surface area contributed by atoms with Crippen LogP contribution in [0, 0.1) is 18.3 Å². The van der Waals surface area contributed by atoms with Crippen LogP contribution in [0.5, 0.6) is 11.6 Å². The molecule has 0 spiro atoms. The van der Waals surface area contributed by atoms with E-state index in [-0.39, 0.29) is 11.3 Å². The number of nitrogens with zero attached hydrogens (tertiary/aromatic N) is 5. The molecule has 4 saturated heterocycles. The van der Waals surface area contributed by atoms with Crippen LogP contribution >= 0.6 is 0 Å². The van der Waals surface area contributed by atoms with Crippen LogP contribution in [-0.4, -0.2) is 78.1 Å². The number of hydrogen-bond acceptors (Lipinski definition) is 8. The van der Waals surface area contributed by atoms with Crippen LogP contribution in [0.15, 0.2) is 30.3 Å². The van der Waals surface area contributed by atoms with Crippen LogP contribution in [0.4, 0.5) is 15.9 Å². The number of pyridine rings is 1. The molecule has 8 rings (SSSR count). The Morgan fingerprint density at radius 2 is 1.98 bits per heavy atom. The molecule has 2 aromatic carbocycles. The molecule has 1 aromatic heterocycles.